The third-order valence-corrected chi connectivity index (χ3v) is 3.95. The highest BCUT2D eigenvalue weighted by Crippen LogP contribution is 2.13. The Bertz CT molecular complexity index is 773. The van der Waals surface area contributed by atoms with Crippen molar-refractivity contribution in [2.45, 2.75) is 19.4 Å². The Morgan fingerprint density at radius 2 is 1.64 bits per heavy atom. The van der Waals surface area contributed by atoms with Crippen molar-refractivity contribution in [3.05, 3.63) is 64.1 Å². The Morgan fingerprint density at radius 3 is 2.16 bits per heavy atom. The van der Waals surface area contributed by atoms with Crippen molar-refractivity contribution in [1.29, 1.82) is 0 Å². The number of carboxylic acids is 1. The van der Waals surface area contributed by atoms with Gasteiger partial charge in [0, 0.05) is 29.1 Å². The summed E-state index contributed by atoms with van der Waals surface area (Å²) in [7, 11) is 0. The van der Waals surface area contributed by atoms with Crippen LogP contribution in [0.15, 0.2) is 53.0 Å². The van der Waals surface area contributed by atoms with Gasteiger partial charge in [-0.05, 0) is 42.0 Å². The molecular weight excluding hydrogens is 388 g/mol. The van der Waals surface area contributed by atoms with Crippen molar-refractivity contribution in [3.63, 3.8) is 0 Å². The van der Waals surface area contributed by atoms with Gasteiger partial charge in [0.25, 0.3) is 5.91 Å². The van der Waals surface area contributed by atoms with E-state index in [2.05, 4.69) is 26.6 Å². The van der Waals surface area contributed by atoms with Crippen LogP contribution in [0, 0.1) is 0 Å². The minimum absolute atomic E-state index is 0.179. The van der Waals surface area contributed by atoms with Crippen LogP contribution in [0.2, 0.25) is 0 Å². The molecule has 0 aliphatic heterocycles. The molecule has 2 amide bonds. The van der Waals surface area contributed by atoms with E-state index in [-0.39, 0.29) is 12.3 Å². The van der Waals surface area contributed by atoms with Gasteiger partial charge in [0.05, 0.1) is 0 Å². The van der Waals surface area contributed by atoms with Crippen LogP contribution in [0.5, 0.6) is 0 Å². The zero-order chi connectivity index (χ0) is 18.4. The number of amides is 2. The molecule has 0 fully saturated rings. The SMILES string of the molecule is CC(=O)Nc1ccc(C(=O)N[C@@H](Cc2ccc(Br)cc2)C(=O)O)cc1. The van der Waals surface area contributed by atoms with Crippen molar-refractivity contribution < 1.29 is 19.5 Å². The van der Waals surface area contributed by atoms with E-state index in [4.69, 9.17) is 0 Å². The Kier molecular flexibility index (Phi) is 6.30. The molecule has 0 aliphatic carbocycles. The van der Waals surface area contributed by atoms with Crippen LogP contribution < -0.4 is 10.6 Å². The number of carbonyl (C=O) groups is 3. The summed E-state index contributed by atoms with van der Waals surface area (Å²) >= 11 is 3.32. The minimum Gasteiger partial charge on any atom is -0.480 e. The predicted molar refractivity (Wildman–Crippen MR) is 97.5 cm³/mol. The van der Waals surface area contributed by atoms with Crippen LogP contribution in [-0.4, -0.2) is 28.9 Å². The second kappa shape index (κ2) is 8.43. The summed E-state index contributed by atoms with van der Waals surface area (Å²) in [5.74, 6) is -1.80. The van der Waals surface area contributed by atoms with Gasteiger partial charge in [-0.25, -0.2) is 4.79 Å². The number of hydrogen-bond acceptors (Lipinski definition) is 3. The molecule has 0 heterocycles. The van der Waals surface area contributed by atoms with Crippen molar-refractivity contribution >= 4 is 39.4 Å². The lowest BCUT2D eigenvalue weighted by molar-refractivity contribution is -0.139. The van der Waals surface area contributed by atoms with Gasteiger partial charge in [-0.2, -0.15) is 0 Å². The lowest BCUT2D eigenvalue weighted by Gasteiger charge is -2.15. The Balaban J connectivity index is 2.05. The zero-order valence-electron chi connectivity index (χ0n) is 13.5. The molecule has 7 heteroatoms. The summed E-state index contributed by atoms with van der Waals surface area (Å²) < 4.78 is 0.895. The number of carboxylic acid groups (broad SMARTS) is 1. The van der Waals surface area contributed by atoms with E-state index in [0.717, 1.165) is 10.0 Å². The first kappa shape index (κ1) is 18.7. The normalized spacial score (nSPS) is 11.4. The molecule has 1 atom stereocenters. The van der Waals surface area contributed by atoms with E-state index in [9.17, 15) is 19.5 Å². The van der Waals surface area contributed by atoms with E-state index in [1.54, 1.807) is 24.3 Å². The fourth-order valence-electron chi connectivity index (χ4n) is 2.21. The molecule has 6 nitrogen and oxygen atoms in total. The molecule has 3 N–H and O–H groups in total. The van der Waals surface area contributed by atoms with Gasteiger partial charge < -0.3 is 15.7 Å². The van der Waals surface area contributed by atoms with Crippen LogP contribution in [-0.2, 0) is 16.0 Å². The maximum atomic E-state index is 12.3. The number of halogens is 1. The molecular formula is C18H17BrN2O4. The molecule has 0 radical (unpaired) electrons. The molecule has 2 rings (SSSR count). The summed E-state index contributed by atoms with van der Waals surface area (Å²) in [6, 6.07) is 12.4. The average Bonchev–Trinajstić information content (AvgIpc) is 2.56. The number of carbonyl (C=O) groups excluding carboxylic acids is 2. The first-order valence-corrected chi connectivity index (χ1v) is 8.30. The van der Waals surface area contributed by atoms with Crippen molar-refractivity contribution in [2.75, 3.05) is 5.32 Å². The van der Waals surface area contributed by atoms with Crippen LogP contribution >= 0.6 is 15.9 Å². The van der Waals surface area contributed by atoms with Crippen molar-refractivity contribution in [3.8, 4) is 0 Å². The highest BCUT2D eigenvalue weighted by Gasteiger charge is 2.21. The summed E-state index contributed by atoms with van der Waals surface area (Å²) in [6.07, 6.45) is 0.179. The molecule has 25 heavy (non-hydrogen) atoms. The van der Waals surface area contributed by atoms with Gasteiger partial charge in [-0.3, -0.25) is 9.59 Å². The van der Waals surface area contributed by atoms with Gasteiger partial charge in [-0.1, -0.05) is 28.1 Å². The summed E-state index contributed by atoms with van der Waals surface area (Å²) in [6.45, 7) is 1.39. The smallest absolute Gasteiger partial charge is 0.326 e. The maximum absolute atomic E-state index is 12.3. The summed E-state index contributed by atoms with van der Waals surface area (Å²) in [5.41, 5.74) is 1.68. The quantitative estimate of drug-likeness (QED) is 0.689. The number of aliphatic carboxylic acids is 1. The molecule has 0 bridgehead atoms. The zero-order valence-corrected chi connectivity index (χ0v) is 15.0. The van der Waals surface area contributed by atoms with Crippen LogP contribution in [0.4, 0.5) is 5.69 Å². The van der Waals surface area contributed by atoms with E-state index in [0.29, 0.717) is 11.3 Å². The molecule has 0 saturated carbocycles. The Morgan fingerprint density at radius 1 is 1.04 bits per heavy atom. The summed E-state index contributed by atoms with van der Waals surface area (Å²) in [4.78, 5) is 34.7. The molecule has 0 aliphatic rings. The molecule has 2 aromatic rings. The largest absolute Gasteiger partial charge is 0.480 e. The Hall–Kier alpha value is -2.67. The standard InChI is InChI=1S/C18H17BrN2O4/c1-11(22)20-15-8-4-13(5-9-15)17(23)21-16(18(24)25)10-12-2-6-14(19)7-3-12/h2-9,16H,10H2,1H3,(H,20,22)(H,21,23)(H,24,25)/t16-/m0/s1. The predicted octanol–water partition coefficient (Wildman–Crippen LogP) is 2.83. The highest BCUT2D eigenvalue weighted by molar-refractivity contribution is 9.10. The third kappa shape index (κ3) is 5.72. The van der Waals surface area contributed by atoms with Crippen LogP contribution in [0.3, 0.4) is 0 Å². The minimum atomic E-state index is -1.11. The fraction of sp³-hybridized carbons (Fsp3) is 0.167. The fourth-order valence-corrected chi connectivity index (χ4v) is 2.47. The van der Waals surface area contributed by atoms with E-state index >= 15 is 0 Å². The van der Waals surface area contributed by atoms with Gasteiger partial charge in [-0.15, -0.1) is 0 Å². The highest BCUT2D eigenvalue weighted by atomic mass is 79.9. The first-order valence-electron chi connectivity index (χ1n) is 7.51. The van der Waals surface area contributed by atoms with Crippen molar-refractivity contribution in [2.24, 2.45) is 0 Å². The molecule has 0 saturated heterocycles. The molecule has 2 aromatic carbocycles. The third-order valence-electron chi connectivity index (χ3n) is 3.42. The number of rotatable bonds is 6. The molecule has 130 valence electrons. The maximum Gasteiger partial charge on any atom is 0.326 e. The number of anilines is 1. The van der Waals surface area contributed by atoms with Gasteiger partial charge >= 0.3 is 5.97 Å². The number of hydrogen-bond donors (Lipinski definition) is 3. The lowest BCUT2D eigenvalue weighted by Crippen LogP contribution is -2.42. The summed E-state index contributed by atoms with van der Waals surface area (Å²) in [5, 5.41) is 14.5. The monoisotopic (exact) mass is 404 g/mol. The molecule has 0 aromatic heterocycles. The van der Waals surface area contributed by atoms with Gasteiger partial charge in [0.15, 0.2) is 0 Å². The topological polar surface area (TPSA) is 95.5 Å². The second-order valence-corrected chi connectivity index (χ2v) is 6.37. The Labute approximate surface area is 153 Å². The first-order chi connectivity index (χ1) is 11.8. The average molecular weight is 405 g/mol. The van der Waals surface area contributed by atoms with Crippen molar-refractivity contribution in [1.82, 2.24) is 5.32 Å². The van der Waals surface area contributed by atoms with Crippen LogP contribution in [0.1, 0.15) is 22.8 Å². The molecule has 0 spiro atoms. The van der Waals surface area contributed by atoms with Gasteiger partial charge in [0.2, 0.25) is 5.91 Å². The van der Waals surface area contributed by atoms with E-state index in [1.165, 1.54) is 19.1 Å². The molecule has 0 unspecified atom stereocenters. The van der Waals surface area contributed by atoms with E-state index in [1.807, 2.05) is 12.1 Å². The number of benzene rings is 2. The lowest BCUT2D eigenvalue weighted by atomic mass is 10.1. The van der Waals surface area contributed by atoms with Crippen LogP contribution in [0.25, 0.3) is 0 Å². The van der Waals surface area contributed by atoms with Gasteiger partial charge in [0.1, 0.15) is 6.04 Å². The number of nitrogens with one attached hydrogen (secondary N) is 2. The second-order valence-electron chi connectivity index (χ2n) is 5.45. The van der Waals surface area contributed by atoms with E-state index < -0.39 is 17.9 Å².